The number of nitrogens with zero attached hydrogens (tertiary/aromatic N) is 3. The van der Waals surface area contributed by atoms with Crippen molar-refractivity contribution in [2.24, 2.45) is 0 Å². The highest BCUT2D eigenvalue weighted by Gasteiger charge is 2.25. The molecule has 2 aromatic carbocycles. The Morgan fingerprint density at radius 2 is 1.86 bits per heavy atom. The molecule has 3 aromatic rings. The second-order valence-electron chi connectivity index (χ2n) is 5.91. The van der Waals surface area contributed by atoms with Crippen molar-refractivity contribution in [3.8, 4) is 11.4 Å². The van der Waals surface area contributed by atoms with Gasteiger partial charge in [-0.1, -0.05) is 28.4 Å². The lowest BCUT2D eigenvalue weighted by Gasteiger charge is -2.16. The van der Waals surface area contributed by atoms with Crippen LogP contribution in [-0.2, 0) is 21.3 Å². The van der Waals surface area contributed by atoms with Gasteiger partial charge >= 0.3 is 5.97 Å². The second kappa shape index (κ2) is 8.50. The number of esters is 1. The van der Waals surface area contributed by atoms with Crippen molar-refractivity contribution < 1.29 is 22.5 Å². The van der Waals surface area contributed by atoms with E-state index in [-0.39, 0.29) is 27.9 Å². The third kappa shape index (κ3) is 4.59. The van der Waals surface area contributed by atoms with Crippen molar-refractivity contribution in [1.29, 1.82) is 0 Å². The van der Waals surface area contributed by atoms with Gasteiger partial charge in [0.05, 0.1) is 29.1 Å². The minimum absolute atomic E-state index is 0.0496. The molecule has 3 rings (SSSR count). The van der Waals surface area contributed by atoms with E-state index in [1.807, 2.05) is 0 Å². The predicted octanol–water partition coefficient (Wildman–Crippen LogP) is 3.65. The molecule has 0 amide bonds. The molecule has 0 aliphatic carbocycles. The zero-order chi connectivity index (χ0) is 21.2. The Balaban J connectivity index is 1.82. The van der Waals surface area contributed by atoms with Crippen LogP contribution in [0.3, 0.4) is 0 Å². The van der Waals surface area contributed by atoms with Gasteiger partial charge in [-0.25, -0.2) is 13.2 Å². The van der Waals surface area contributed by atoms with Crippen LogP contribution in [0, 0.1) is 0 Å². The summed E-state index contributed by atoms with van der Waals surface area (Å²) in [7, 11) is -1.42. The van der Waals surface area contributed by atoms with E-state index >= 15 is 0 Å². The number of carbonyl (C=O) groups excluding carboxylic acids is 1. The van der Waals surface area contributed by atoms with Crippen LogP contribution in [0.2, 0.25) is 10.0 Å². The van der Waals surface area contributed by atoms with Crippen molar-refractivity contribution in [3.63, 3.8) is 0 Å². The smallest absolute Gasteiger partial charge is 0.339 e. The van der Waals surface area contributed by atoms with E-state index in [4.69, 9.17) is 27.7 Å². The van der Waals surface area contributed by atoms with E-state index in [0.717, 1.165) is 10.4 Å². The maximum absolute atomic E-state index is 12.9. The number of carbonyl (C=O) groups is 1. The molecule has 1 heterocycles. The maximum atomic E-state index is 12.9. The van der Waals surface area contributed by atoms with Gasteiger partial charge < -0.3 is 9.26 Å². The number of hydrogen-bond donors (Lipinski definition) is 0. The Kier molecular flexibility index (Phi) is 6.23. The molecular weight excluding hydrogens is 441 g/mol. The normalized spacial score (nSPS) is 11.6. The van der Waals surface area contributed by atoms with Crippen molar-refractivity contribution in [2.75, 3.05) is 14.2 Å². The fraction of sp³-hybridized carbons (Fsp3) is 0.167. The van der Waals surface area contributed by atoms with Gasteiger partial charge in [-0.05, 0) is 42.5 Å². The molecule has 0 atom stereocenters. The molecule has 0 saturated heterocycles. The molecule has 0 spiro atoms. The van der Waals surface area contributed by atoms with E-state index in [9.17, 15) is 13.2 Å². The van der Waals surface area contributed by atoms with Crippen LogP contribution in [0.4, 0.5) is 0 Å². The van der Waals surface area contributed by atoms with Crippen LogP contribution in [0.25, 0.3) is 11.4 Å². The molecule has 8 nitrogen and oxygen atoms in total. The Labute approximate surface area is 177 Å². The minimum atomic E-state index is -3.96. The fourth-order valence-electron chi connectivity index (χ4n) is 2.42. The number of halogens is 2. The van der Waals surface area contributed by atoms with Crippen LogP contribution in [-0.4, -0.2) is 43.0 Å². The minimum Gasteiger partial charge on any atom is -0.465 e. The van der Waals surface area contributed by atoms with E-state index in [0.29, 0.717) is 16.4 Å². The highest BCUT2D eigenvalue weighted by atomic mass is 35.5. The van der Waals surface area contributed by atoms with Crippen molar-refractivity contribution in [2.45, 2.75) is 11.4 Å². The highest BCUT2D eigenvalue weighted by Crippen LogP contribution is 2.24. The quantitative estimate of drug-likeness (QED) is 0.522. The van der Waals surface area contributed by atoms with Crippen molar-refractivity contribution >= 4 is 39.2 Å². The lowest BCUT2D eigenvalue weighted by atomic mass is 10.2. The maximum Gasteiger partial charge on any atom is 0.339 e. The number of rotatable bonds is 6. The van der Waals surface area contributed by atoms with E-state index in [1.165, 1.54) is 26.3 Å². The molecule has 0 fully saturated rings. The summed E-state index contributed by atoms with van der Waals surface area (Å²) in [6, 6.07) is 10.6. The summed E-state index contributed by atoms with van der Waals surface area (Å²) in [5.41, 5.74) is 0.627. The molecule has 0 saturated carbocycles. The van der Waals surface area contributed by atoms with Crippen molar-refractivity contribution in [3.05, 3.63) is 64.0 Å². The highest BCUT2D eigenvalue weighted by molar-refractivity contribution is 7.89. The Hall–Kier alpha value is -2.46. The number of aromatic nitrogens is 2. The number of sulfonamides is 1. The van der Waals surface area contributed by atoms with Gasteiger partial charge in [0.2, 0.25) is 21.7 Å². The molecule has 0 unspecified atom stereocenters. The molecule has 0 aliphatic heterocycles. The van der Waals surface area contributed by atoms with Crippen LogP contribution in [0.1, 0.15) is 16.2 Å². The first-order valence-electron chi connectivity index (χ1n) is 8.15. The largest absolute Gasteiger partial charge is 0.465 e. The summed E-state index contributed by atoms with van der Waals surface area (Å²) in [5.74, 6) is -0.329. The number of hydrogen-bond acceptors (Lipinski definition) is 7. The predicted molar refractivity (Wildman–Crippen MR) is 106 cm³/mol. The molecular formula is C18H15Cl2N3O5S. The van der Waals surface area contributed by atoms with Crippen LogP contribution < -0.4 is 0 Å². The van der Waals surface area contributed by atoms with Crippen molar-refractivity contribution in [1.82, 2.24) is 14.4 Å². The molecule has 11 heteroatoms. The number of methoxy groups -OCH3 is 1. The van der Waals surface area contributed by atoms with Gasteiger partial charge in [0.25, 0.3) is 0 Å². The van der Waals surface area contributed by atoms with Gasteiger partial charge in [0, 0.05) is 17.6 Å². The second-order valence-corrected chi connectivity index (χ2v) is 8.80. The average molecular weight is 456 g/mol. The number of benzene rings is 2. The summed E-state index contributed by atoms with van der Waals surface area (Å²) in [4.78, 5) is 15.9. The number of ether oxygens (including phenoxy) is 1. The van der Waals surface area contributed by atoms with E-state index < -0.39 is 16.0 Å². The third-order valence-electron chi connectivity index (χ3n) is 3.98. The topological polar surface area (TPSA) is 103 Å². The molecule has 0 bridgehead atoms. The molecule has 0 radical (unpaired) electrons. The Morgan fingerprint density at radius 3 is 2.52 bits per heavy atom. The first-order valence-corrected chi connectivity index (χ1v) is 10.3. The molecule has 0 N–H and O–H groups in total. The standard InChI is InChI=1S/C18H15Cl2N3O5S/c1-23(10-16-21-17(22-28-16)11-3-5-12(19)6-4-11)29(25,26)13-7-8-15(20)14(9-13)18(24)27-2/h3-9H,10H2,1-2H3. The van der Waals surface area contributed by atoms with Crippen LogP contribution in [0.5, 0.6) is 0 Å². The summed E-state index contributed by atoms with van der Waals surface area (Å²) in [6.07, 6.45) is 0. The lowest BCUT2D eigenvalue weighted by Crippen LogP contribution is -2.27. The summed E-state index contributed by atoms with van der Waals surface area (Å²) < 4.78 is 36.5. The van der Waals surface area contributed by atoms with Gasteiger partial charge in [0.15, 0.2) is 0 Å². The van der Waals surface area contributed by atoms with E-state index in [1.54, 1.807) is 24.3 Å². The van der Waals surface area contributed by atoms with E-state index in [2.05, 4.69) is 14.9 Å². The summed E-state index contributed by atoms with van der Waals surface area (Å²) in [6.45, 7) is -0.168. The molecule has 29 heavy (non-hydrogen) atoms. The van der Waals surface area contributed by atoms with Gasteiger partial charge in [0.1, 0.15) is 0 Å². The van der Waals surface area contributed by atoms with Crippen LogP contribution in [0.15, 0.2) is 51.9 Å². The van der Waals surface area contributed by atoms with Crippen LogP contribution >= 0.6 is 23.2 Å². The average Bonchev–Trinajstić information content (AvgIpc) is 3.16. The summed E-state index contributed by atoms with van der Waals surface area (Å²) in [5, 5.41) is 4.51. The van der Waals surface area contributed by atoms with Gasteiger partial charge in [-0.3, -0.25) is 0 Å². The molecule has 152 valence electrons. The molecule has 0 aliphatic rings. The SMILES string of the molecule is COC(=O)c1cc(S(=O)(=O)N(C)Cc2nc(-c3ccc(Cl)cc3)no2)ccc1Cl. The first kappa shape index (κ1) is 21.3. The van der Waals surface area contributed by atoms with Gasteiger partial charge in [-0.15, -0.1) is 0 Å². The Morgan fingerprint density at radius 1 is 1.17 bits per heavy atom. The zero-order valence-corrected chi connectivity index (χ0v) is 17.6. The fourth-order valence-corrected chi connectivity index (χ4v) is 3.89. The zero-order valence-electron chi connectivity index (χ0n) is 15.3. The van der Waals surface area contributed by atoms with Gasteiger partial charge in [-0.2, -0.15) is 9.29 Å². The summed E-state index contributed by atoms with van der Waals surface area (Å²) >= 11 is 11.8. The first-order chi connectivity index (χ1) is 13.7. The third-order valence-corrected chi connectivity index (χ3v) is 6.36. The Bertz CT molecular complexity index is 1150. The monoisotopic (exact) mass is 455 g/mol. The molecule has 1 aromatic heterocycles. The lowest BCUT2D eigenvalue weighted by molar-refractivity contribution is 0.0600.